The predicted molar refractivity (Wildman–Crippen MR) is 81.9 cm³/mol. The molecule has 106 valence electrons. The first-order valence-electron chi connectivity index (χ1n) is 7.57. The Morgan fingerprint density at radius 2 is 1.85 bits per heavy atom. The fourth-order valence-corrected chi connectivity index (χ4v) is 3.30. The molecular weight excluding hydrogens is 246 g/mol. The smallest absolute Gasteiger partial charge is 0.254 e. The molecule has 0 spiro atoms. The molecule has 0 saturated carbocycles. The van der Waals surface area contributed by atoms with Crippen LogP contribution in [0.4, 0.5) is 0 Å². The molecule has 0 aliphatic carbocycles. The normalized spacial score (nSPS) is 25.1. The van der Waals surface area contributed by atoms with E-state index in [2.05, 4.69) is 50.0 Å². The van der Waals surface area contributed by atoms with Crippen molar-refractivity contribution >= 4 is 5.91 Å². The molecule has 2 unspecified atom stereocenters. The van der Waals surface area contributed by atoms with Gasteiger partial charge in [-0.25, -0.2) is 0 Å². The second-order valence-corrected chi connectivity index (χ2v) is 7.00. The van der Waals surface area contributed by atoms with Crippen LogP contribution in [0.2, 0.25) is 0 Å². The van der Waals surface area contributed by atoms with E-state index < -0.39 is 0 Å². The maximum atomic E-state index is 12.7. The van der Waals surface area contributed by atoms with Crippen LogP contribution >= 0.6 is 0 Å². The first-order valence-corrected chi connectivity index (χ1v) is 7.57. The van der Waals surface area contributed by atoms with Gasteiger partial charge in [0.1, 0.15) is 0 Å². The molecule has 2 heterocycles. The highest BCUT2D eigenvalue weighted by molar-refractivity contribution is 5.95. The average molecular weight is 269 g/mol. The lowest BCUT2D eigenvalue weighted by atomic mass is 9.86. The van der Waals surface area contributed by atoms with E-state index in [9.17, 15) is 4.79 Å². The van der Waals surface area contributed by atoms with Gasteiger partial charge in [0.25, 0.3) is 5.91 Å². The van der Waals surface area contributed by atoms with Gasteiger partial charge in [0.2, 0.25) is 0 Å². The molecule has 0 radical (unpaired) electrons. The standard InChI is InChI=1S/C18H23NO/c1-18(2,3)14-9-7-13(8-10-14)17(20)19-15-5-4-6-16(19)12-11-15/h4-5,7-10,15-16H,6,11-12H2,1-3H3. The number of carbonyl (C=O) groups excluding carboxylic acids is 1. The lowest BCUT2D eigenvalue weighted by Gasteiger charge is -2.31. The van der Waals surface area contributed by atoms with Gasteiger partial charge in [0.05, 0.1) is 6.04 Å². The number of rotatable bonds is 1. The van der Waals surface area contributed by atoms with Crippen molar-refractivity contribution in [1.82, 2.24) is 4.90 Å². The summed E-state index contributed by atoms with van der Waals surface area (Å²) in [5.74, 6) is 0.197. The lowest BCUT2D eigenvalue weighted by molar-refractivity contribution is 0.0689. The minimum atomic E-state index is 0.133. The van der Waals surface area contributed by atoms with Crippen LogP contribution in [0, 0.1) is 0 Å². The number of amides is 1. The molecule has 20 heavy (non-hydrogen) atoms. The Morgan fingerprint density at radius 1 is 1.15 bits per heavy atom. The Bertz CT molecular complexity index is 536. The van der Waals surface area contributed by atoms with Crippen LogP contribution in [0.5, 0.6) is 0 Å². The Labute approximate surface area is 121 Å². The molecule has 2 bridgehead atoms. The van der Waals surface area contributed by atoms with Crippen LogP contribution in [0.15, 0.2) is 36.4 Å². The molecule has 2 heteroatoms. The van der Waals surface area contributed by atoms with Crippen molar-refractivity contribution in [1.29, 1.82) is 0 Å². The number of benzene rings is 1. The molecule has 1 fully saturated rings. The summed E-state index contributed by atoms with van der Waals surface area (Å²) in [4.78, 5) is 14.8. The summed E-state index contributed by atoms with van der Waals surface area (Å²) < 4.78 is 0. The monoisotopic (exact) mass is 269 g/mol. The third kappa shape index (κ3) is 2.28. The van der Waals surface area contributed by atoms with Gasteiger partial charge < -0.3 is 4.90 Å². The summed E-state index contributed by atoms with van der Waals surface area (Å²) in [6.07, 6.45) is 7.71. The zero-order valence-electron chi connectivity index (χ0n) is 12.6. The maximum absolute atomic E-state index is 12.7. The summed E-state index contributed by atoms with van der Waals surface area (Å²) >= 11 is 0. The molecular formula is C18H23NO. The summed E-state index contributed by atoms with van der Waals surface area (Å²) in [6, 6.07) is 8.90. The van der Waals surface area contributed by atoms with E-state index in [1.807, 2.05) is 12.1 Å². The third-order valence-corrected chi connectivity index (χ3v) is 4.55. The second-order valence-electron chi connectivity index (χ2n) is 7.00. The highest BCUT2D eigenvalue weighted by atomic mass is 16.2. The first-order chi connectivity index (χ1) is 9.47. The molecule has 1 aromatic rings. The van der Waals surface area contributed by atoms with Gasteiger partial charge in [-0.05, 0) is 42.4 Å². The van der Waals surface area contributed by atoms with Crippen molar-refractivity contribution < 1.29 is 4.79 Å². The molecule has 0 N–H and O–H groups in total. The first kappa shape index (κ1) is 13.4. The molecule has 1 amide bonds. The fraction of sp³-hybridized carbons (Fsp3) is 0.500. The number of carbonyl (C=O) groups is 1. The number of nitrogens with zero attached hydrogens (tertiary/aromatic N) is 1. The second kappa shape index (κ2) is 4.76. The van der Waals surface area contributed by atoms with E-state index in [0.29, 0.717) is 12.1 Å². The molecule has 2 aliphatic heterocycles. The van der Waals surface area contributed by atoms with Crippen LogP contribution < -0.4 is 0 Å². The lowest BCUT2D eigenvalue weighted by Crippen LogP contribution is -2.42. The third-order valence-electron chi connectivity index (χ3n) is 4.55. The van der Waals surface area contributed by atoms with E-state index in [1.165, 1.54) is 5.56 Å². The topological polar surface area (TPSA) is 20.3 Å². The number of fused-ring (bicyclic) bond motifs is 2. The Morgan fingerprint density at radius 3 is 2.45 bits per heavy atom. The fourth-order valence-electron chi connectivity index (χ4n) is 3.30. The van der Waals surface area contributed by atoms with Gasteiger partial charge in [-0.15, -0.1) is 0 Å². The van der Waals surface area contributed by atoms with Gasteiger partial charge in [0, 0.05) is 11.6 Å². The van der Waals surface area contributed by atoms with Gasteiger partial charge in [-0.3, -0.25) is 4.79 Å². The summed E-state index contributed by atoms with van der Waals surface area (Å²) in [5.41, 5.74) is 2.23. The van der Waals surface area contributed by atoms with E-state index in [-0.39, 0.29) is 11.3 Å². The molecule has 3 rings (SSSR count). The Hall–Kier alpha value is -1.57. The summed E-state index contributed by atoms with van der Waals surface area (Å²) in [7, 11) is 0. The zero-order chi connectivity index (χ0) is 14.3. The van der Waals surface area contributed by atoms with Gasteiger partial charge in [0.15, 0.2) is 0 Å². The van der Waals surface area contributed by atoms with Crippen molar-refractivity contribution in [2.45, 2.75) is 57.5 Å². The van der Waals surface area contributed by atoms with Crippen LogP contribution in [0.3, 0.4) is 0 Å². The van der Waals surface area contributed by atoms with Crippen molar-refractivity contribution in [3.05, 3.63) is 47.5 Å². The Balaban J connectivity index is 1.83. The highest BCUT2D eigenvalue weighted by Gasteiger charge is 2.37. The molecule has 1 saturated heterocycles. The summed E-state index contributed by atoms with van der Waals surface area (Å²) in [6.45, 7) is 6.58. The number of hydrogen-bond acceptors (Lipinski definition) is 1. The Kier molecular flexibility index (Phi) is 3.19. The van der Waals surface area contributed by atoms with Crippen LogP contribution in [0.25, 0.3) is 0 Å². The SMILES string of the molecule is CC(C)(C)c1ccc(C(=O)N2C3C=CCC2CC3)cc1. The molecule has 2 nitrogen and oxygen atoms in total. The van der Waals surface area contributed by atoms with Crippen LogP contribution in [-0.4, -0.2) is 22.9 Å². The largest absolute Gasteiger partial charge is 0.329 e. The molecule has 1 aromatic carbocycles. The molecule has 2 atom stereocenters. The predicted octanol–water partition coefficient (Wildman–Crippen LogP) is 3.92. The van der Waals surface area contributed by atoms with Gasteiger partial charge in [-0.2, -0.15) is 0 Å². The van der Waals surface area contributed by atoms with Crippen molar-refractivity contribution in [3.8, 4) is 0 Å². The molecule has 2 aliphatic rings. The van der Waals surface area contributed by atoms with Crippen molar-refractivity contribution in [2.75, 3.05) is 0 Å². The minimum absolute atomic E-state index is 0.133. The van der Waals surface area contributed by atoms with E-state index in [0.717, 1.165) is 24.8 Å². The van der Waals surface area contributed by atoms with Gasteiger partial charge >= 0.3 is 0 Å². The van der Waals surface area contributed by atoms with Gasteiger partial charge in [-0.1, -0.05) is 45.1 Å². The van der Waals surface area contributed by atoms with Crippen molar-refractivity contribution in [2.24, 2.45) is 0 Å². The van der Waals surface area contributed by atoms with E-state index >= 15 is 0 Å². The number of hydrogen-bond donors (Lipinski definition) is 0. The average Bonchev–Trinajstić information content (AvgIpc) is 2.66. The van der Waals surface area contributed by atoms with E-state index in [4.69, 9.17) is 0 Å². The van der Waals surface area contributed by atoms with Crippen LogP contribution in [0.1, 0.15) is 56.0 Å². The van der Waals surface area contributed by atoms with E-state index in [1.54, 1.807) is 0 Å². The quantitative estimate of drug-likeness (QED) is 0.708. The molecule has 0 aromatic heterocycles. The van der Waals surface area contributed by atoms with Crippen LogP contribution in [-0.2, 0) is 5.41 Å². The maximum Gasteiger partial charge on any atom is 0.254 e. The minimum Gasteiger partial charge on any atom is -0.329 e. The zero-order valence-corrected chi connectivity index (χ0v) is 12.6. The highest BCUT2D eigenvalue weighted by Crippen LogP contribution is 2.33. The van der Waals surface area contributed by atoms with Crippen molar-refractivity contribution in [3.63, 3.8) is 0 Å². The summed E-state index contributed by atoms with van der Waals surface area (Å²) in [5, 5.41) is 0.